The van der Waals surface area contributed by atoms with Crippen LogP contribution in [-0.4, -0.2) is 30.3 Å². The molecule has 0 atom stereocenters. The van der Waals surface area contributed by atoms with Crippen molar-refractivity contribution >= 4 is 33.0 Å². The third kappa shape index (κ3) is 5.22. The summed E-state index contributed by atoms with van der Waals surface area (Å²) >= 11 is 1.43. The number of amides is 1. The van der Waals surface area contributed by atoms with Crippen LogP contribution in [0.4, 0.5) is 5.69 Å². The number of nitrogens with one attached hydrogen (secondary N) is 2. The number of nitrogens with zero attached hydrogens (tertiary/aromatic N) is 2. The minimum atomic E-state index is -3.55. The van der Waals surface area contributed by atoms with Crippen molar-refractivity contribution in [3.63, 3.8) is 0 Å². The summed E-state index contributed by atoms with van der Waals surface area (Å²) in [4.78, 5) is 21.1. The van der Waals surface area contributed by atoms with Gasteiger partial charge in [-0.05, 0) is 50.2 Å². The van der Waals surface area contributed by atoms with Gasteiger partial charge in [0.15, 0.2) is 0 Å². The number of hydrogen-bond donors (Lipinski definition) is 2. The number of rotatable bonds is 7. The molecule has 0 aliphatic heterocycles. The second-order valence-corrected chi connectivity index (χ2v) is 8.96. The normalized spacial score (nSPS) is 11.5. The molecule has 7 nitrogen and oxygen atoms in total. The van der Waals surface area contributed by atoms with E-state index in [1.807, 2.05) is 23.6 Å². The van der Waals surface area contributed by atoms with E-state index in [-0.39, 0.29) is 23.3 Å². The number of thiazole rings is 1. The minimum Gasteiger partial charge on any atom is -0.326 e. The van der Waals surface area contributed by atoms with Gasteiger partial charge in [-0.3, -0.25) is 9.78 Å². The van der Waals surface area contributed by atoms with Crippen molar-refractivity contribution in [1.82, 2.24) is 14.7 Å². The van der Waals surface area contributed by atoms with E-state index in [4.69, 9.17) is 0 Å². The van der Waals surface area contributed by atoms with Crippen LogP contribution in [0.15, 0.2) is 58.9 Å². The lowest BCUT2D eigenvalue weighted by Gasteiger charge is -2.10. The molecule has 1 aromatic carbocycles. The number of pyridine rings is 1. The highest BCUT2D eigenvalue weighted by Gasteiger charge is 2.15. The Balaban J connectivity index is 1.62. The Hall–Kier alpha value is -2.62. The van der Waals surface area contributed by atoms with E-state index >= 15 is 0 Å². The average molecular weight is 417 g/mol. The summed E-state index contributed by atoms with van der Waals surface area (Å²) in [5.74, 6) is -0.228. The number of benzene rings is 1. The van der Waals surface area contributed by atoms with Crippen molar-refractivity contribution in [2.24, 2.45) is 0 Å². The lowest BCUT2D eigenvalue weighted by molar-refractivity contribution is -0.115. The van der Waals surface area contributed by atoms with Crippen LogP contribution in [0.5, 0.6) is 0 Å². The first kappa shape index (κ1) is 20.1. The topological polar surface area (TPSA) is 101 Å². The van der Waals surface area contributed by atoms with E-state index in [0.29, 0.717) is 11.4 Å². The SMILES string of the molecule is CC(C)NS(=O)(=O)c1ccc(NC(=O)Cc2csc(-c3ccccn3)n2)cc1. The van der Waals surface area contributed by atoms with Gasteiger partial charge in [0.25, 0.3) is 0 Å². The van der Waals surface area contributed by atoms with Crippen LogP contribution < -0.4 is 10.0 Å². The van der Waals surface area contributed by atoms with Crippen molar-refractivity contribution in [1.29, 1.82) is 0 Å². The van der Waals surface area contributed by atoms with Gasteiger partial charge < -0.3 is 5.32 Å². The number of anilines is 1. The van der Waals surface area contributed by atoms with Gasteiger partial charge in [-0.1, -0.05) is 6.07 Å². The van der Waals surface area contributed by atoms with E-state index < -0.39 is 10.0 Å². The van der Waals surface area contributed by atoms with Crippen LogP contribution in [0, 0.1) is 0 Å². The molecular weight excluding hydrogens is 396 g/mol. The molecule has 0 saturated carbocycles. The first-order valence-corrected chi connectivity index (χ1v) is 11.0. The van der Waals surface area contributed by atoms with Crippen LogP contribution in [0.2, 0.25) is 0 Å². The fourth-order valence-electron chi connectivity index (χ4n) is 2.46. The second-order valence-electron chi connectivity index (χ2n) is 6.38. The van der Waals surface area contributed by atoms with E-state index in [1.165, 1.54) is 23.5 Å². The van der Waals surface area contributed by atoms with Crippen molar-refractivity contribution in [2.45, 2.75) is 31.2 Å². The highest BCUT2D eigenvalue weighted by atomic mass is 32.2. The molecule has 0 fully saturated rings. The molecule has 9 heteroatoms. The molecule has 28 heavy (non-hydrogen) atoms. The van der Waals surface area contributed by atoms with Gasteiger partial charge in [0.1, 0.15) is 5.01 Å². The maximum Gasteiger partial charge on any atom is 0.240 e. The van der Waals surface area contributed by atoms with E-state index in [1.54, 1.807) is 32.2 Å². The van der Waals surface area contributed by atoms with Gasteiger partial charge in [0.05, 0.1) is 22.7 Å². The third-order valence-corrected chi connectivity index (χ3v) is 6.20. The van der Waals surface area contributed by atoms with E-state index in [9.17, 15) is 13.2 Å². The molecule has 1 amide bonds. The summed E-state index contributed by atoms with van der Waals surface area (Å²) in [6.07, 6.45) is 1.82. The summed E-state index contributed by atoms with van der Waals surface area (Å²) in [5, 5.41) is 5.34. The van der Waals surface area contributed by atoms with Crippen molar-refractivity contribution in [3.05, 3.63) is 59.7 Å². The number of carbonyl (C=O) groups is 1. The number of carbonyl (C=O) groups excluding carboxylic acids is 1. The summed E-state index contributed by atoms with van der Waals surface area (Å²) in [6.45, 7) is 3.51. The molecule has 2 heterocycles. The highest BCUT2D eigenvalue weighted by molar-refractivity contribution is 7.89. The Morgan fingerprint density at radius 2 is 1.89 bits per heavy atom. The van der Waals surface area contributed by atoms with Crippen molar-refractivity contribution < 1.29 is 13.2 Å². The second kappa shape index (κ2) is 8.59. The molecule has 146 valence electrons. The van der Waals surface area contributed by atoms with Gasteiger partial charge in [0, 0.05) is 23.3 Å². The van der Waals surface area contributed by atoms with Gasteiger partial charge in [0.2, 0.25) is 15.9 Å². The number of aromatic nitrogens is 2. The van der Waals surface area contributed by atoms with Crippen molar-refractivity contribution in [2.75, 3.05) is 5.32 Å². The van der Waals surface area contributed by atoms with Gasteiger partial charge in [-0.2, -0.15) is 0 Å². The Morgan fingerprint density at radius 1 is 1.14 bits per heavy atom. The molecule has 2 aromatic heterocycles. The van der Waals surface area contributed by atoms with E-state index in [0.717, 1.165) is 10.7 Å². The lowest BCUT2D eigenvalue weighted by Crippen LogP contribution is -2.30. The number of sulfonamides is 1. The molecule has 3 aromatic rings. The van der Waals surface area contributed by atoms with Crippen LogP contribution in [-0.2, 0) is 21.2 Å². The van der Waals surface area contributed by atoms with Crippen molar-refractivity contribution in [3.8, 4) is 10.7 Å². The minimum absolute atomic E-state index is 0.123. The monoisotopic (exact) mass is 416 g/mol. The Morgan fingerprint density at radius 3 is 2.54 bits per heavy atom. The van der Waals surface area contributed by atoms with Crippen LogP contribution in [0.25, 0.3) is 10.7 Å². The van der Waals surface area contributed by atoms with Crippen LogP contribution in [0.3, 0.4) is 0 Å². The lowest BCUT2D eigenvalue weighted by atomic mass is 10.3. The molecule has 0 spiro atoms. The number of hydrogen-bond acceptors (Lipinski definition) is 6. The maximum atomic E-state index is 12.3. The fraction of sp³-hybridized carbons (Fsp3) is 0.211. The fourth-order valence-corrected chi connectivity index (χ4v) is 4.51. The molecule has 0 aliphatic rings. The van der Waals surface area contributed by atoms with Crippen LogP contribution in [0.1, 0.15) is 19.5 Å². The Kier molecular flexibility index (Phi) is 6.18. The summed E-state index contributed by atoms with van der Waals surface area (Å²) < 4.78 is 26.8. The zero-order chi connectivity index (χ0) is 20.1. The first-order valence-electron chi connectivity index (χ1n) is 8.61. The quantitative estimate of drug-likeness (QED) is 0.616. The Labute approximate surface area is 167 Å². The first-order chi connectivity index (χ1) is 13.3. The molecule has 0 aliphatic carbocycles. The average Bonchev–Trinajstić information content (AvgIpc) is 3.10. The molecular formula is C19H20N4O3S2. The summed E-state index contributed by atoms with van der Waals surface area (Å²) in [6, 6.07) is 11.4. The molecule has 0 unspecified atom stereocenters. The van der Waals surface area contributed by atoms with Gasteiger partial charge in [-0.15, -0.1) is 11.3 Å². The summed E-state index contributed by atoms with van der Waals surface area (Å²) in [7, 11) is -3.55. The zero-order valence-corrected chi connectivity index (χ0v) is 17.0. The predicted octanol–water partition coefficient (Wildman–Crippen LogP) is 3.07. The van der Waals surface area contributed by atoms with Crippen LogP contribution >= 0.6 is 11.3 Å². The molecule has 0 saturated heterocycles. The predicted molar refractivity (Wildman–Crippen MR) is 110 cm³/mol. The summed E-state index contributed by atoms with van der Waals surface area (Å²) in [5.41, 5.74) is 1.95. The van der Waals surface area contributed by atoms with E-state index in [2.05, 4.69) is 20.0 Å². The molecule has 3 rings (SSSR count). The molecule has 0 radical (unpaired) electrons. The largest absolute Gasteiger partial charge is 0.326 e. The Bertz CT molecular complexity index is 1050. The molecule has 2 N–H and O–H groups in total. The third-order valence-electron chi connectivity index (χ3n) is 3.62. The van der Waals surface area contributed by atoms with Gasteiger partial charge in [-0.25, -0.2) is 18.1 Å². The smallest absolute Gasteiger partial charge is 0.240 e. The maximum absolute atomic E-state index is 12.3. The highest BCUT2D eigenvalue weighted by Crippen LogP contribution is 2.22. The molecule has 0 bridgehead atoms. The zero-order valence-electron chi connectivity index (χ0n) is 15.4. The van der Waals surface area contributed by atoms with Gasteiger partial charge >= 0.3 is 0 Å². The standard InChI is InChI=1S/C19H20N4O3S2/c1-13(2)23-28(25,26)16-8-6-14(7-9-16)21-18(24)11-15-12-27-19(22-15)17-5-3-4-10-20-17/h3-10,12-13,23H,11H2,1-2H3,(H,21,24).